The van der Waals surface area contributed by atoms with Gasteiger partial charge < -0.3 is 50.2 Å². The molecule has 7 aliphatic rings. The number of aliphatic carboxylic acids is 1. The molecule has 5 heterocycles. The molecule has 0 spiro atoms. The number of carbonyl (C=O) groups is 9. The largest absolute Gasteiger partial charge is 0.479 e. The van der Waals surface area contributed by atoms with Crippen molar-refractivity contribution in [2.24, 2.45) is 11.8 Å². The Labute approximate surface area is 468 Å². The maximum Gasteiger partial charge on any atom is 0.410 e. The molecular weight excluding hydrogens is 1030 g/mol. The Hall–Kier alpha value is -7.29. The molecule has 9 atom stereocenters. The molecule has 0 unspecified atom stereocenters. The van der Waals surface area contributed by atoms with Crippen molar-refractivity contribution in [1.29, 1.82) is 0 Å². The zero-order chi connectivity index (χ0) is 58.5. The normalized spacial score (nSPS) is 27.6. The number of ketones is 1. The van der Waals surface area contributed by atoms with Crippen molar-refractivity contribution in [1.82, 2.24) is 36.0 Å². The summed E-state index contributed by atoms with van der Waals surface area (Å²) in [5.41, 5.74) is 0.723. The first-order valence-corrected chi connectivity index (χ1v) is 28.2. The molecule has 6 amide bonds. The summed E-state index contributed by atoms with van der Waals surface area (Å²) in [5.74, 6) is -5.10. The first-order chi connectivity index (χ1) is 38.2. The number of carboxylic acid groups (broad SMARTS) is 1. The van der Waals surface area contributed by atoms with Crippen LogP contribution in [0.2, 0.25) is 0 Å². The van der Waals surface area contributed by atoms with E-state index in [1.54, 1.807) is 43.6 Å². The topological polar surface area (TPSA) is 269 Å². The number of rotatable bonds is 10. The Morgan fingerprint density at radius 3 is 1.91 bits per heavy atom. The summed E-state index contributed by atoms with van der Waals surface area (Å²) in [7, 11) is 0. The second-order valence-electron chi connectivity index (χ2n) is 21.6. The SMILES string of the molecule is C=C[C@@H]1C[C@]1(NC(=O)[C@@H]1C[C@@H](OC(=O)N2Cc3ccccc3C2)CN1)C(=O)C(=O)OCC.CC.CC.CC(C)(C)OC(=O)N[C@H]1CCCCC/C=C\[C@@H]2C[C@@]2(C(=O)O)NC(=O)[C@@H]2C[C@@H](OC(=O)N3Cc4ccccc4C3)CN2C1=O. The zero-order valence-electron chi connectivity index (χ0n) is 47.5. The molecule has 21 nitrogen and oxygen atoms in total. The van der Waals surface area contributed by atoms with Crippen molar-refractivity contribution in [3.05, 3.63) is 95.6 Å². The van der Waals surface area contributed by atoms with Gasteiger partial charge in [-0.25, -0.2) is 24.0 Å². The number of ether oxygens (including phenoxy) is 4. The number of nitrogens with zero attached hydrogens (tertiary/aromatic N) is 3. The Morgan fingerprint density at radius 1 is 0.812 bits per heavy atom. The van der Waals surface area contributed by atoms with Gasteiger partial charge in [0.2, 0.25) is 17.7 Å². The highest BCUT2D eigenvalue weighted by Crippen LogP contribution is 2.46. The first-order valence-electron chi connectivity index (χ1n) is 28.2. The van der Waals surface area contributed by atoms with Gasteiger partial charge in [0.15, 0.2) is 0 Å². The Bertz CT molecular complexity index is 2600. The van der Waals surface area contributed by atoms with Crippen LogP contribution in [0, 0.1) is 11.8 Å². The van der Waals surface area contributed by atoms with Gasteiger partial charge in [-0.15, -0.1) is 6.58 Å². The van der Waals surface area contributed by atoms with E-state index in [1.807, 2.05) is 88.4 Å². The molecule has 0 aromatic heterocycles. The van der Waals surface area contributed by atoms with Crippen LogP contribution in [-0.2, 0) is 73.9 Å². The van der Waals surface area contributed by atoms with Gasteiger partial charge in [0, 0.05) is 57.4 Å². The number of hydrogen-bond donors (Lipinski definition) is 5. The smallest absolute Gasteiger partial charge is 0.410 e. The molecule has 2 saturated heterocycles. The molecule has 2 saturated carbocycles. The van der Waals surface area contributed by atoms with Gasteiger partial charge in [-0.2, -0.15) is 0 Å². The van der Waals surface area contributed by atoms with Crippen LogP contribution in [0.15, 0.2) is 73.3 Å². The molecular formula is C59H81N7O14. The molecule has 80 heavy (non-hydrogen) atoms. The number of fused-ring (bicyclic) bond motifs is 4. The number of alkyl carbamates (subject to hydrolysis) is 1. The monoisotopic (exact) mass is 1110 g/mol. The van der Waals surface area contributed by atoms with Gasteiger partial charge >= 0.3 is 30.2 Å². The number of nitrogens with one attached hydrogen (secondary N) is 4. The minimum absolute atomic E-state index is 0.000531. The highest BCUT2D eigenvalue weighted by Gasteiger charge is 2.63. The summed E-state index contributed by atoms with van der Waals surface area (Å²) in [6.07, 6.45) is 6.50. The molecule has 2 aromatic rings. The fraction of sp³-hybridized carbons (Fsp3) is 0.576. The predicted molar refractivity (Wildman–Crippen MR) is 294 cm³/mol. The number of carbonyl (C=O) groups excluding carboxylic acids is 8. The summed E-state index contributed by atoms with van der Waals surface area (Å²) in [4.78, 5) is 120. The number of amides is 6. The van der Waals surface area contributed by atoms with Gasteiger partial charge in [0.25, 0.3) is 5.78 Å². The van der Waals surface area contributed by atoms with E-state index in [2.05, 4.69) is 27.8 Å². The lowest BCUT2D eigenvalue weighted by Crippen LogP contribution is -2.56. The lowest BCUT2D eigenvalue weighted by Gasteiger charge is -2.30. The van der Waals surface area contributed by atoms with Gasteiger partial charge in [-0.05, 0) is 82.1 Å². The van der Waals surface area contributed by atoms with E-state index in [4.69, 9.17) is 18.9 Å². The number of allylic oxidation sites excluding steroid dienone is 1. The van der Waals surface area contributed by atoms with Crippen molar-refractivity contribution in [2.45, 2.75) is 186 Å². The van der Waals surface area contributed by atoms with Crippen molar-refractivity contribution >= 4 is 53.7 Å². The molecule has 0 radical (unpaired) electrons. The third-order valence-electron chi connectivity index (χ3n) is 15.0. The van der Waals surface area contributed by atoms with E-state index in [0.29, 0.717) is 52.0 Å². The second-order valence-corrected chi connectivity index (χ2v) is 21.6. The molecule has 5 N–H and O–H groups in total. The summed E-state index contributed by atoms with van der Waals surface area (Å²) < 4.78 is 21.7. The number of carboxylic acids is 1. The number of esters is 1. The predicted octanol–water partition coefficient (Wildman–Crippen LogP) is 6.60. The average molecular weight is 1110 g/mol. The maximum atomic E-state index is 14.0. The fourth-order valence-corrected chi connectivity index (χ4v) is 10.7. The van der Waals surface area contributed by atoms with E-state index >= 15 is 0 Å². The molecule has 21 heteroatoms. The summed E-state index contributed by atoms with van der Waals surface area (Å²) >= 11 is 0. The molecule has 436 valence electrons. The average Bonchev–Trinajstić information content (AvgIpc) is 3.84. The van der Waals surface area contributed by atoms with Crippen molar-refractivity contribution < 1.29 is 67.2 Å². The standard InChI is InChI=1S/C32H42N4O8.C23H27N3O6.2C2H6/c1-31(2,3)44-29(41)33-24-14-8-6-4-5-7-13-22-16-32(22,28(39)40)34-26(37)25-15-23(19-36(25)27(24)38)43-30(42)35-17-20-11-9-10-12-21(20)18-35;1-3-16-10-23(16,19(27)21(29)31-4-2)25-20(28)18-9-17(11-24-18)32-22(30)26-12-14-7-5-6-8-15(14)13-26;2*1-2/h7,9-13,22-25H,4-6,8,14-19H2,1-3H3,(H,33,41)(H,34,37)(H,39,40);3,5-8,16-18,24H,1,4,9-13H2,2H3,(H,25,28);2*1-2H3/b13-7-;;;/t22-,23-,24+,25+,32-;16-,17-,18+,23-;;/m11../s1. The number of Topliss-reactive ketones (excluding diaryl/α,β-unsaturated/α-hetero) is 1. The maximum absolute atomic E-state index is 14.0. The van der Waals surface area contributed by atoms with Gasteiger partial charge in [-0.1, -0.05) is 107 Å². The van der Waals surface area contributed by atoms with Gasteiger partial charge in [0.05, 0.1) is 19.2 Å². The minimum Gasteiger partial charge on any atom is -0.479 e. The lowest BCUT2D eigenvalue weighted by molar-refractivity contribution is -0.155. The zero-order valence-corrected chi connectivity index (χ0v) is 47.5. The summed E-state index contributed by atoms with van der Waals surface area (Å²) in [6.45, 7) is 20.6. The molecule has 9 rings (SSSR count). The third-order valence-corrected chi connectivity index (χ3v) is 15.0. The molecule has 2 aliphatic carbocycles. The van der Waals surface area contributed by atoms with E-state index < -0.39 is 101 Å². The first kappa shape index (κ1) is 61.9. The second kappa shape index (κ2) is 27.2. The number of benzene rings is 2. The van der Waals surface area contributed by atoms with Crippen LogP contribution in [0.4, 0.5) is 14.4 Å². The summed E-state index contributed by atoms with van der Waals surface area (Å²) in [5, 5.41) is 21.2. The third kappa shape index (κ3) is 14.9. The molecule has 2 aromatic carbocycles. The van der Waals surface area contributed by atoms with Crippen LogP contribution in [0.3, 0.4) is 0 Å². The molecule has 0 bridgehead atoms. The van der Waals surface area contributed by atoms with E-state index in [-0.39, 0.29) is 44.2 Å². The fourth-order valence-electron chi connectivity index (χ4n) is 10.7. The summed E-state index contributed by atoms with van der Waals surface area (Å²) in [6, 6.07) is 12.9. The van der Waals surface area contributed by atoms with Crippen LogP contribution in [0.1, 0.15) is 135 Å². The minimum atomic E-state index is -1.45. The quantitative estimate of drug-likeness (QED) is 0.0726. The Morgan fingerprint density at radius 2 is 1.39 bits per heavy atom. The van der Waals surface area contributed by atoms with Crippen LogP contribution in [-0.4, -0.2) is 140 Å². The van der Waals surface area contributed by atoms with Crippen LogP contribution in [0.25, 0.3) is 0 Å². The molecule has 4 fully saturated rings. The lowest BCUT2D eigenvalue weighted by atomic mass is 10.0. The van der Waals surface area contributed by atoms with Crippen LogP contribution < -0.4 is 21.3 Å². The number of hydrogen-bond acceptors (Lipinski definition) is 14. The Kier molecular flexibility index (Phi) is 21.1. The highest BCUT2D eigenvalue weighted by atomic mass is 16.6. The van der Waals surface area contributed by atoms with E-state index in [1.165, 1.54) is 4.90 Å². The van der Waals surface area contributed by atoms with Gasteiger partial charge in [-0.3, -0.25) is 29.0 Å². The van der Waals surface area contributed by atoms with E-state index in [0.717, 1.165) is 41.5 Å². The highest BCUT2D eigenvalue weighted by molar-refractivity contribution is 6.39. The van der Waals surface area contributed by atoms with Crippen LogP contribution in [0.5, 0.6) is 0 Å². The van der Waals surface area contributed by atoms with Gasteiger partial charge in [0.1, 0.15) is 41.0 Å². The van der Waals surface area contributed by atoms with Crippen LogP contribution >= 0.6 is 0 Å². The van der Waals surface area contributed by atoms with Crippen molar-refractivity contribution in [3.8, 4) is 0 Å². The van der Waals surface area contributed by atoms with Crippen molar-refractivity contribution in [2.75, 3.05) is 19.7 Å². The molecule has 5 aliphatic heterocycles. The Balaban J connectivity index is 0.000000254. The van der Waals surface area contributed by atoms with Crippen molar-refractivity contribution in [3.63, 3.8) is 0 Å². The van der Waals surface area contributed by atoms with E-state index in [9.17, 15) is 48.3 Å².